The van der Waals surface area contributed by atoms with Crippen LogP contribution in [0.15, 0.2) is 18.2 Å². The second kappa shape index (κ2) is 3.51. The highest BCUT2D eigenvalue weighted by atomic mass is 35.5. The maximum absolute atomic E-state index is 12.7. The Bertz CT molecular complexity index is 314. The SMILES string of the molecule is O=C(OO)c1cc(Cl)ccc1F. The Balaban J connectivity index is 3.13. The minimum absolute atomic E-state index is 0.191. The van der Waals surface area contributed by atoms with E-state index in [9.17, 15) is 9.18 Å². The zero-order chi connectivity index (χ0) is 9.14. The van der Waals surface area contributed by atoms with Crippen LogP contribution in [0.25, 0.3) is 0 Å². The first-order valence-corrected chi connectivity index (χ1v) is 3.33. The first-order chi connectivity index (χ1) is 5.65. The summed E-state index contributed by atoms with van der Waals surface area (Å²) in [5.74, 6) is -1.96. The molecule has 1 aromatic carbocycles. The van der Waals surface area contributed by atoms with Gasteiger partial charge in [-0.3, -0.25) is 4.89 Å². The van der Waals surface area contributed by atoms with E-state index in [4.69, 9.17) is 16.9 Å². The van der Waals surface area contributed by atoms with Gasteiger partial charge in [0.05, 0.1) is 5.56 Å². The topological polar surface area (TPSA) is 46.5 Å². The molecule has 0 aliphatic rings. The van der Waals surface area contributed by atoms with E-state index in [0.717, 1.165) is 12.1 Å². The Hall–Kier alpha value is -1.13. The third-order valence-electron chi connectivity index (χ3n) is 1.23. The third-order valence-corrected chi connectivity index (χ3v) is 1.47. The lowest BCUT2D eigenvalue weighted by Gasteiger charge is -1.98. The van der Waals surface area contributed by atoms with Gasteiger partial charge in [-0.25, -0.2) is 9.18 Å². The molecule has 0 aromatic heterocycles. The van der Waals surface area contributed by atoms with Gasteiger partial charge >= 0.3 is 5.97 Å². The van der Waals surface area contributed by atoms with Gasteiger partial charge in [0.2, 0.25) is 0 Å². The summed E-state index contributed by atoms with van der Waals surface area (Å²) in [5, 5.41) is 8.14. The van der Waals surface area contributed by atoms with Crippen molar-refractivity contribution in [2.45, 2.75) is 0 Å². The monoisotopic (exact) mass is 190 g/mol. The molecule has 0 bridgehead atoms. The van der Waals surface area contributed by atoms with Gasteiger partial charge in [0.1, 0.15) is 5.82 Å². The van der Waals surface area contributed by atoms with Crippen molar-refractivity contribution in [1.29, 1.82) is 0 Å². The zero-order valence-corrected chi connectivity index (χ0v) is 6.51. The van der Waals surface area contributed by atoms with Crippen LogP contribution < -0.4 is 0 Å². The quantitative estimate of drug-likeness (QED) is 0.545. The molecule has 0 atom stereocenters. The number of carbonyl (C=O) groups is 1. The lowest BCUT2D eigenvalue weighted by atomic mass is 10.2. The van der Waals surface area contributed by atoms with E-state index in [0.29, 0.717) is 0 Å². The molecule has 1 aromatic rings. The van der Waals surface area contributed by atoms with Gasteiger partial charge in [-0.15, -0.1) is 0 Å². The summed E-state index contributed by atoms with van der Waals surface area (Å²) in [6.07, 6.45) is 0. The highest BCUT2D eigenvalue weighted by Gasteiger charge is 2.13. The molecule has 0 radical (unpaired) electrons. The van der Waals surface area contributed by atoms with Gasteiger partial charge < -0.3 is 0 Å². The van der Waals surface area contributed by atoms with Crippen LogP contribution in [0.2, 0.25) is 5.02 Å². The fourth-order valence-corrected chi connectivity index (χ4v) is 0.875. The van der Waals surface area contributed by atoms with Crippen LogP contribution in [0.1, 0.15) is 10.4 Å². The molecule has 0 heterocycles. The zero-order valence-electron chi connectivity index (χ0n) is 5.75. The van der Waals surface area contributed by atoms with Crippen LogP contribution in [0.5, 0.6) is 0 Å². The van der Waals surface area contributed by atoms with Crippen molar-refractivity contribution in [3.63, 3.8) is 0 Å². The molecule has 1 rings (SSSR count). The lowest BCUT2D eigenvalue weighted by Crippen LogP contribution is -2.04. The molecule has 1 N–H and O–H groups in total. The number of halogens is 2. The highest BCUT2D eigenvalue weighted by molar-refractivity contribution is 6.30. The van der Waals surface area contributed by atoms with Crippen molar-refractivity contribution >= 4 is 17.6 Å². The van der Waals surface area contributed by atoms with Crippen molar-refractivity contribution in [2.24, 2.45) is 0 Å². The summed E-state index contributed by atoms with van der Waals surface area (Å²) >= 11 is 5.46. The van der Waals surface area contributed by atoms with Crippen LogP contribution in [-0.4, -0.2) is 11.2 Å². The van der Waals surface area contributed by atoms with Gasteiger partial charge in [-0.1, -0.05) is 11.6 Å². The second-order valence-corrected chi connectivity index (χ2v) is 2.44. The Labute approximate surface area is 72.3 Å². The standard InChI is InChI=1S/C7H4ClFO3/c8-4-1-2-6(9)5(3-4)7(10)12-11/h1-3,11H. The molecule has 0 aliphatic heterocycles. The van der Waals surface area contributed by atoms with Gasteiger partial charge in [-0.05, 0) is 18.2 Å². The molecule has 0 aliphatic carbocycles. The second-order valence-electron chi connectivity index (χ2n) is 2.00. The first kappa shape index (κ1) is 8.96. The molecule has 0 spiro atoms. The van der Waals surface area contributed by atoms with E-state index in [1.165, 1.54) is 6.07 Å². The fraction of sp³-hybridized carbons (Fsp3) is 0. The van der Waals surface area contributed by atoms with Crippen molar-refractivity contribution in [1.82, 2.24) is 0 Å². The largest absolute Gasteiger partial charge is 0.375 e. The summed E-state index contributed by atoms with van der Waals surface area (Å²) in [6, 6.07) is 3.36. The van der Waals surface area contributed by atoms with Gasteiger partial charge in [0.15, 0.2) is 0 Å². The van der Waals surface area contributed by atoms with Crippen LogP contribution in [0.3, 0.4) is 0 Å². The number of benzene rings is 1. The summed E-state index contributed by atoms with van der Waals surface area (Å²) in [6.45, 7) is 0. The van der Waals surface area contributed by atoms with Gasteiger partial charge in [-0.2, -0.15) is 5.26 Å². The van der Waals surface area contributed by atoms with E-state index >= 15 is 0 Å². The number of carbonyl (C=O) groups excluding carboxylic acids is 1. The van der Waals surface area contributed by atoms with E-state index in [2.05, 4.69) is 4.89 Å². The molecule has 0 amide bonds. The van der Waals surface area contributed by atoms with Gasteiger partial charge in [0.25, 0.3) is 0 Å². The molecule has 0 saturated heterocycles. The maximum Gasteiger partial charge on any atom is 0.375 e. The molecule has 0 unspecified atom stereocenters. The van der Waals surface area contributed by atoms with E-state index < -0.39 is 17.3 Å². The fourth-order valence-electron chi connectivity index (χ4n) is 0.703. The summed E-state index contributed by atoms with van der Waals surface area (Å²) < 4.78 is 12.7. The molecule has 0 saturated carbocycles. The molecule has 5 heteroatoms. The van der Waals surface area contributed by atoms with Crippen molar-refractivity contribution in [3.05, 3.63) is 34.6 Å². The Morgan fingerprint density at radius 2 is 2.25 bits per heavy atom. The molecular weight excluding hydrogens is 187 g/mol. The summed E-state index contributed by atoms with van der Waals surface area (Å²) in [7, 11) is 0. The van der Waals surface area contributed by atoms with Crippen molar-refractivity contribution in [2.75, 3.05) is 0 Å². The van der Waals surface area contributed by atoms with Crippen LogP contribution >= 0.6 is 11.6 Å². The van der Waals surface area contributed by atoms with Crippen LogP contribution in [0, 0.1) is 5.82 Å². The predicted octanol–water partition coefficient (Wildman–Crippen LogP) is 2.11. The predicted molar refractivity (Wildman–Crippen MR) is 39.5 cm³/mol. The van der Waals surface area contributed by atoms with E-state index in [1.807, 2.05) is 0 Å². The normalized spacial score (nSPS) is 9.58. The minimum Gasteiger partial charge on any atom is -0.295 e. The van der Waals surface area contributed by atoms with Crippen molar-refractivity contribution < 1.29 is 19.3 Å². The third kappa shape index (κ3) is 1.72. The Morgan fingerprint density at radius 3 is 2.83 bits per heavy atom. The first-order valence-electron chi connectivity index (χ1n) is 2.96. The minimum atomic E-state index is -1.17. The molecule has 0 fully saturated rings. The average molecular weight is 191 g/mol. The number of hydrogen-bond donors (Lipinski definition) is 1. The highest BCUT2D eigenvalue weighted by Crippen LogP contribution is 2.15. The molecule has 3 nitrogen and oxygen atoms in total. The van der Waals surface area contributed by atoms with Crippen LogP contribution in [-0.2, 0) is 4.89 Å². The Morgan fingerprint density at radius 1 is 1.58 bits per heavy atom. The van der Waals surface area contributed by atoms with Crippen molar-refractivity contribution in [3.8, 4) is 0 Å². The van der Waals surface area contributed by atoms with Crippen LogP contribution in [0.4, 0.5) is 4.39 Å². The average Bonchev–Trinajstić information content (AvgIpc) is 2.08. The summed E-state index contributed by atoms with van der Waals surface area (Å²) in [5.41, 5.74) is -0.398. The maximum atomic E-state index is 12.7. The lowest BCUT2D eigenvalue weighted by molar-refractivity contribution is -0.183. The number of rotatable bonds is 1. The number of hydrogen-bond acceptors (Lipinski definition) is 3. The van der Waals surface area contributed by atoms with Gasteiger partial charge in [0, 0.05) is 5.02 Å². The molecule has 64 valence electrons. The Kier molecular flexibility index (Phi) is 2.62. The van der Waals surface area contributed by atoms with E-state index in [-0.39, 0.29) is 5.02 Å². The molecular formula is C7H4ClFO3. The van der Waals surface area contributed by atoms with E-state index in [1.54, 1.807) is 0 Å². The molecule has 12 heavy (non-hydrogen) atoms. The smallest absolute Gasteiger partial charge is 0.295 e. The summed E-state index contributed by atoms with van der Waals surface area (Å²) in [4.78, 5) is 14.0.